The van der Waals surface area contributed by atoms with E-state index in [4.69, 9.17) is 9.97 Å². The number of rotatable bonds is 0. The highest BCUT2D eigenvalue weighted by molar-refractivity contribution is 6.14. The Morgan fingerprint density at radius 3 is 0.676 bits per heavy atom. The van der Waals surface area contributed by atoms with Gasteiger partial charge in [0.1, 0.15) is 22.6 Å². The van der Waals surface area contributed by atoms with Crippen LogP contribution in [0.3, 0.4) is 0 Å². The van der Waals surface area contributed by atoms with Crippen LogP contribution in [0.2, 0.25) is 0 Å². The number of nitrogens with zero attached hydrogens (tertiary/aromatic N) is 6. The number of para-hydroxylation sites is 4. The lowest BCUT2D eigenvalue weighted by atomic mass is 10.1. The molecular weight excluding hydrogens is 829 g/mol. The fourth-order valence-electron chi connectivity index (χ4n) is 11.1. The lowest BCUT2D eigenvalue weighted by Crippen LogP contribution is -1.92. The highest BCUT2D eigenvalue weighted by atomic mass is 15.0. The molecule has 16 heterocycles. The van der Waals surface area contributed by atoms with Crippen LogP contribution in [0.15, 0.2) is 231 Å². The molecule has 0 spiro atoms. The van der Waals surface area contributed by atoms with Crippen LogP contribution in [0.1, 0.15) is 0 Å². The van der Waals surface area contributed by atoms with E-state index in [2.05, 4.69) is 248 Å². The molecule has 0 unspecified atom stereocenters. The molecule has 0 saturated carbocycles. The van der Waals surface area contributed by atoms with E-state index in [9.17, 15) is 0 Å². The van der Waals surface area contributed by atoms with Crippen molar-refractivity contribution in [2.75, 3.05) is 0 Å². The zero-order valence-electron chi connectivity index (χ0n) is 36.6. The third-order valence-electron chi connectivity index (χ3n) is 14.1. The Morgan fingerprint density at radius 1 is 0.191 bits per heavy atom. The van der Waals surface area contributed by atoms with Crippen molar-refractivity contribution in [3.05, 3.63) is 231 Å². The van der Waals surface area contributed by atoms with E-state index >= 15 is 0 Å². The lowest BCUT2D eigenvalue weighted by Gasteiger charge is -2.02. The summed E-state index contributed by atoms with van der Waals surface area (Å²) in [7, 11) is 0. The maximum absolute atomic E-state index is 5.46. The number of fused-ring (bicyclic) bond motifs is 4. The fourth-order valence-corrected chi connectivity index (χ4v) is 11.1. The second-order valence-electron chi connectivity index (χ2n) is 17.9. The molecule has 0 aliphatic carbocycles. The fraction of sp³-hybridized carbons (Fsp3) is 0. The van der Waals surface area contributed by atoms with Gasteiger partial charge in [0.05, 0.1) is 44.1 Å². The lowest BCUT2D eigenvalue weighted by molar-refractivity contribution is 1.20. The monoisotopic (exact) mass is 866 g/mol. The van der Waals surface area contributed by atoms with Crippen LogP contribution < -0.4 is 0 Å². The van der Waals surface area contributed by atoms with Gasteiger partial charge < -0.3 is 0 Å². The first-order valence-corrected chi connectivity index (χ1v) is 23.1. The normalized spacial score (nSPS) is 12.1. The smallest absolute Gasteiger partial charge is 0.140 e. The van der Waals surface area contributed by atoms with Crippen LogP contribution >= 0.6 is 0 Å². The van der Waals surface area contributed by atoms with Crippen molar-refractivity contribution in [2.24, 2.45) is 0 Å². The predicted octanol–water partition coefficient (Wildman–Crippen LogP) is 15.8. The van der Waals surface area contributed by atoms with Crippen LogP contribution in [0.4, 0.5) is 0 Å². The summed E-state index contributed by atoms with van der Waals surface area (Å²) in [6, 6.07) is 83.4. The summed E-state index contributed by atoms with van der Waals surface area (Å²) in [6.07, 6.45) is 0. The number of hydrogen-bond donors (Lipinski definition) is 0. The van der Waals surface area contributed by atoms with Gasteiger partial charge >= 0.3 is 0 Å². The van der Waals surface area contributed by atoms with E-state index < -0.39 is 0 Å². The van der Waals surface area contributed by atoms with Gasteiger partial charge in [0.25, 0.3) is 0 Å². The van der Waals surface area contributed by atoms with Crippen molar-refractivity contribution in [1.29, 1.82) is 0 Å². The minimum atomic E-state index is 0.872. The molecule has 0 aliphatic rings. The number of aromatic nitrogens is 6. The van der Waals surface area contributed by atoms with Gasteiger partial charge in [-0.2, -0.15) is 0 Å². The Balaban J connectivity index is 1.08. The van der Waals surface area contributed by atoms with Gasteiger partial charge in [0.15, 0.2) is 0 Å². The van der Waals surface area contributed by atoms with E-state index in [1.54, 1.807) is 0 Å². The third-order valence-corrected chi connectivity index (χ3v) is 14.1. The summed E-state index contributed by atoms with van der Waals surface area (Å²) >= 11 is 0. The van der Waals surface area contributed by atoms with E-state index in [-0.39, 0.29) is 0 Å². The Hall–Kier alpha value is -9.26. The first-order chi connectivity index (χ1) is 33.7. The molecule has 6 heteroatoms. The molecule has 24 aromatic rings. The minimum Gasteiger partial charge on any atom is -0.294 e. The van der Waals surface area contributed by atoms with Crippen LogP contribution in [-0.4, -0.2) is 27.6 Å². The first-order valence-electron chi connectivity index (χ1n) is 23.1. The molecule has 0 aliphatic heterocycles. The van der Waals surface area contributed by atoms with Crippen molar-refractivity contribution in [3.63, 3.8) is 0 Å². The largest absolute Gasteiger partial charge is 0.294 e. The van der Waals surface area contributed by atoms with Gasteiger partial charge in [0.2, 0.25) is 0 Å². The Bertz CT molecular complexity index is 4260. The molecule has 0 radical (unpaired) electrons. The molecule has 6 nitrogen and oxygen atoms in total. The molecule has 316 valence electrons. The van der Waals surface area contributed by atoms with Gasteiger partial charge in [-0.15, -0.1) is 0 Å². The van der Waals surface area contributed by atoms with Crippen LogP contribution in [0.25, 0.3) is 131 Å². The quantitative estimate of drug-likeness (QED) is 0.152. The van der Waals surface area contributed by atoms with Crippen LogP contribution in [0, 0.1) is 0 Å². The van der Waals surface area contributed by atoms with Crippen molar-refractivity contribution in [2.45, 2.75) is 0 Å². The molecule has 0 saturated heterocycles. The van der Waals surface area contributed by atoms with Gasteiger partial charge in [-0.1, -0.05) is 133 Å². The van der Waals surface area contributed by atoms with E-state index in [1.165, 1.54) is 43.1 Å². The molecule has 8 aromatic carbocycles. The molecule has 0 N–H and O–H groups in total. The summed E-state index contributed by atoms with van der Waals surface area (Å²) in [4.78, 5) is 10.9. The van der Waals surface area contributed by atoms with Gasteiger partial charge in [-0.05, 0) is 119 Å². The average Bonchev–Trinajstić information content (AvgIpc) is 4.12. The molecule has 0 amide bonds. The van der Waals surface area contributed by atoms with Crippen LogP contribution in [-0.2, 0) is 0 Å². The van der Waals surface area contributed by atoms with Crippen molar-refractivity contribution in [3.8, 4) is 0 Å². The topological polar surface area (TPSA) is 43.4 Å². The van der Waals surface area contributed by atoms with E-state index in [0.717, 1.165) is 88.3 Å². The molecule has 24 rings (SSSR count). The Labute approximate surface area is 387 Å². The second kappa shape index (κ2) is 14.1. The van der Waals surface area contributed by atoms with Crippen molar-refractivity contribution < 1.29 is 0 Å². The maximum atomic E-state index is 5.46. The highest BCUT2D eigenvalue weighted by Crippen LogP contribution is 2.35. The van der Waals surface area contributed by atoms with Crippen molar-refractivity contribution >= 4 is 131 Å². The maximum Gasteiger partial charge on any atom is 0.140 e. The standard InChI is InChI=1S/C62H38N6/c1-5-15-51-43(11-1)47-35-39-23-24-40-28-32-57-48(36-40)45-13-3-7-17-53(45)67(57)61-21-10-22-62(64-61)68-54-18-8-4-14-46(54)50-38-42(30-34-58(50)68)26-25-41-29-33-56-49(37-41)44-12-2-6-16-52(44)66(56)60-20-9-19-59(63-60)65(51)55(47)31-27-39/h1-38H. The van der Waals surface area contributed by atoms with E-state index in [0.29, 0.717) is 0 Å². The van der Waals surface area contributed by atoms with Crippen molar-refractivity contribution in [1.82, 2.24) is 27.6 Å². The Morgan fingerprint density at radius 2 is 0.412 bits per heavy atom. The summed E-state index contributed by atoms with van der Waals surface area (Å²) in [6.45, 7) is 0. The van der Waals surface area contributed by atoms with Gasteiger partial charge in [0, 0.05) is 43.1 Å². The Kier molecular flexibility index (Phi) is 7.69. The molecule has 0 fully saturated rings. The number of hydrogen-bond acceptors (Lipinski definition) is 2. The minimum absolute atomic E-state index is 0.872. The van der Waals surface area contributed by atoms with Crippen LogP contribution in [0.5, 0.6) is 0 Å². The molecule has 16 aromatic heterocycles. The number of benzene rings is 8. The van der Waals surface area contributed by atoms with Gasteiger partial charge in [-0.3, -0.25) is 17.6 Å². The highest BCUT2D eigenvalue weighted by Gasteiger charge is 2.14. The SMILES string of the molecule is c1ccc2c(c1)c1cc3ccc4ccc5c(c4)c4ccccc4n5c4cccc(n4)n4c5ccccc5c5cc(ccc6ccc7c(c6)c6ccccc6n7c6cccc(n6)n2c1cc3)ccc54. The molecule has 20 bridgehead atoms. The van der Waals surface area contributed by atoms with E-state index in [1.807, 2.05) is 0 Å². The first kappa shape index (κ1) is 37.0. The average molecular weight is 867 g/mol. The summed E-state index contributed by atoms with van der Waals surface area (Å²) in [5.41, 5.74) is 12.4. The predicted molar refractivity (Wildman–Crippen MR) is 285 cm³/mol. The molecule has 0 atom stereocenters. The summed E-state index contributed by atoms with van der Waals surface area (Å²) in [5.74, 6) is 0. The zero-order chi connectivity index (χ0) is 44.5. The number of pyridine rings is 2. The molecule has 68 heavy (non-hydrogen) atoms. The summed E-state index contributed by atoms with van der Waals surface area (Å²) < 4.78 is 9.23. The summed E-state index contributed by atoms with van der Waals surface area (Å²) in [5, 5.41) is 14.0. The van der Waals surface area contributed by atoms with Gasteiger partial charge in [-0.25, -0.2) is 9.97 Å². The third kappa shape index (κ3) is 5.40. The second-order valence-corrected chi connectivity index (χ2v) is 17.9. The zero-order valence-corrected chi connectivity index (χ0v) is 36.6. The molecular formula is C62H38N6.